The summed E-state index contributed by atoms with van der Waals surface area (Å²) in [6, 6.07) is 18.4. The van der Waals surface area contributed by atoms with E-state index in [2.05, 4.69) is 59.6 Å². The number of anilines is 1. The van der Waals surface area contributed by atoms with Crippen LogP contribution in [0.5, 0.6) is 0 Å². The third kappa shape index (κ3) is 2.97. The van der Waals surface area contributed by atoms with Crippen molar-refractivity contribution in [2.45, 2.75) is 13.5 Å². The molecule has 0 aliphatic rings. The van der Waals surface area contributed by atoms with E-state index >= 15 is 0 Å². The van der Waals surface area contributed by atoms with Gasteiger partial charge in [-0.2, -0.15) is 0 Å². The number of nitrogens with zero attached hydrogens (tertiary/aromatic N) is 1. The fourth-order valence-electron chi connectivity index (χ4n) is 2.54. The van der Waals surface area contributed by atoms with Gasteiger partial charge in [-0.3, -0.25) is 0 Å². The Kier molecular flexibility index (Phi) is 4.39. The highest BCUT2D eigenvalue weighted by atomic mass is 32.1. The van der Waals surface area contributed by atoms with Crippen molar-refractivity contribution in [3.8, 4) is 0 Å². The average molecular weight is 310 g/mol. The van der Waals surface area contributed by atoms with Crippen LogP contribution in [0.4, 0.5) is 5.69 Å². The van der Waals surface area contributed by atoms with Gasteiger partial charge in [0, 0.05) is 11.9 Å². The minimum absolute atomic E-state index is 0.590. The van der Waals surface area contributed by atoms with Crippen LogP contribution in [-0.4, -0.2) is 11.7 Å². The number of thiocarbonyl (C=S) groups is 1. The van der Waals surface area contributed by atoms with Gasteiger partial charge in [-0.15, -0.1) is 0 Å². The van der Waals surface area contributed by atoms with Crippen molar-refractivity contribution in [1.29, 1.82) is 0 Å². The maximum atomic E-state index is 5.57. The standard InChI is InChI=1S/C18H18N2OS/c1-2-20(18(22)19-13-15-9-6-12-21-15)17-11-5-8-14-7-3-4-10-16(14)17/h3-12H,2,13H2,1H3,(H,19,22). The summed E-state index contributed by atoms with van der Waals surface area (Å²) >= 11 is 5.57. The topological polar surface area (TPSA) is 28.4 Å². The zero-order valence-corrected chi connectivity index (χ0v) is 13.3. The molecule has 0 fully saturated rings. The fraction of sp³-hybridized carbons (Fsp3) is 0.167. The number of rotatable bonds is 4. The van der Waals surface area contributed by atoms with Crippen molar-refractivity contribution in [1.82, 2.24) is 5.32 Å². The van der Waals surface area contributed by atoms with Gasteiger partial charge in [0.15, 0.2) is 5.11 Å². The lowest BCUT2D eigenvalue weighted by Gasteiger charge is -2.25. The second kappa shape index (κ2) is 6.62. The number of hydrogen-bond acceptors (Lipinski definition) is 2. The zero-order chi connectivity index (χ0) is 15.4. The van der Waals surface area contributed by atoms with Crippen LogP contribution in [-0.2, 0) is 6.54 Å². The Morgan fingerprint density at radius 1 is 1.09 bits per heavy atom. The highest BCUT2D eigenvalue weighted by molar-refractivity contribution is 7.80. The quantitative estimate of drug-likeness (QED) is 0.726. The lowest BCUT2D eigenvalue weighted by molar-refractivity contribution is 0.503. The maximum absolute atomic E-state index is 5.57. The second-order valence-corrected chi connectivity index (χ2v) is 5.37. The Morgan fingerprint density at radius 2 is 1.91 bits per heavy atom. The molecule has 0 saturated carbocycles. The van der Waals surface area contributed by atoms with E-state index in [0.29, 0.717) is 11.7 Å². The first kappa shape index (κ1) is 14.6. The van der Waals surface area contributed by atoms with Crippen molar-refractivity contribution < 1.29 is 4.42 Å². The van der Waals surface area contributed by atoms with Gasteiger partial charge >= 0.3 is 0 Å². The van der Waals surface area contributed by atoms with Crippen LogP contribution in [0.2, 0.25) is 0 Å². The Hall–Kier alpha value is -2.33. The van der Waals surface area contributed by atoms with Gasteiger partial charge in [-0.05, 0) is 42.7 Å². The van der Waals surface area contributed by atoms with Crippen molar-refractivity contribution in [2.24, 2.45) is 0 Å². The molecule has 0 amide bonds. The van der Waals surface area contributed by atoms with Crippen LogP contribution in [0.3, 0.4) is 0 Å². The van der Waals surface area contributed by atoms with Crippen LogP contribution in [0.1, 0.15) is 12.7 Å². The zero-order valence-electron chi connectivity index (χ0n) is 12.5. The number of benzene rings is 2. The number of nitrogens with one attached hydrogen (secondary N) is 1. The molecule has 0 unspecified atom stereocenters. The van der Waals surface area contributed by atoms with Crippen molar-refractivity contribution in [3.63, 3.8) is 0 Å². The first-order valence-electron chi connectivity index (χ1n) is 7.35. The van der Waals surface area contributed by atoms with E-state index in [1.807, 2.05) is 12.1 Å². The molecule has 0 spiro atoms. The molecule has 22 heavy (non-hydrogen) atoms. The molecule has 1 aromatic heterocycles. The summed E-state index contributed by atoms with van der Waals surface area (Å²) in [6.07, 6.45) is 1.67. The van der Waals surface area contributed by atoms with Gasteiger partial charge in [0.25, 0.3) is 0 Å². The summed E-state index contributed by atoms with van der Waals surface area (Å²) < 4.78 is 5.33. The summed E-state index contributed by atoms with van der Waals surface area (Å²) in [7, 11) is 0. The molecule has 0 aliphatic heterocycles. The molecule has 1 N–H and O–H groups in total. The number of furan rings is 1. The SMILES string of the molecule is CCN(C(=S)NCc1ccco1)c1cccc2ccccc12. The molecular formula is C18H18N2OS. The Balaban J connectivity index is 1.84. The Bertz CT molecular complexity index is 762. The Labute approximate surface area is 135 Å². The van der Waals surface area contributed by atoms with E-state index in [1.54, 1.807) is 6.26 Å². The minimum atomic E-state index is 0.590. The van der Waals surface area contributed by atoms with E-state index in [9.17, 15) is 0 Å². The van der Waals surface area contributed by atoms with Gasteiger partial charge in [-0.1, -0.05) is 36.4 Å². The molecule has 0 atom stereocenters. The van der Waals surface area contributed by atoms with E-state index < -0.39 is 0 Å². The molecule has 2 aromatic carbocycles. The molecule has 1 heterocycles. The monoisotopic (exact) mass is 310 g/mol. The predicted molar refractivity (Wildman–Crippen MR) is 95.1 cm³/mol. The first-order valence-corrected chi connectivity index (χ1v) is 7.76. The summed E-state index contributed by atoms with van der Waals surface area (Å²) in [5.41, 5.74) is 1.12. The molecule has 0 radical (unpaired) electrons. The van der Waals surface area contributed by atoms with E-state index in [1.165, 1.54) is 10.8 Å². The maximum Gasteiger partial charge on any atom is 0.173 e. The summed E-state index contributed by atoms with van der Waals surface area (Å²) in [5, 5.41) is 6.38. The average Bonchev–Trinajstić information content (AvgIpc) is 3.07. The highest BCUT2D eigenvalue weighted by Gasteiger charge is 2.13. The van der Waals surface area contributed by atoms with Crippen molar-refractivity contribution in [2.75, 3.05) is 11.4 Å². The highest BCUT2D eigenvalue weighted by Crippen LogP contribution is 2.26. The molecule has 4 heteroatoms. The molecule has 3 nitrogen and oxygen atoms in total. The molecule has 112 valence electrons. The lowest BCUT2D eigenvalue weighted by atomic mass is 10.1. The minimum Gasteiger partial charge on any atom is -0.467 e. The molecule has 0 bridgehead atoms. The third-order valence-corrected chi connectivity index (χ3v) is 3.98. The van der Waals surface area contributed by atoms with Crippen molar-refractivity contribution >= 4 is 33.8 Å². The molecule has 0 aliphatic carbocycles. The molecule has 3 rings (SSSR count). The third-order valence-electron chi connectivity index (χ3n) is 3.61. The summed E-state index contributed by atoms with van der Waals surface area (Å²) in [5.74, 6) is 0.872. The Morgan fingerprint density at radius 3 is 2.68 bits per heavy atom. The summed E-state index contributed by atoms with van der Waals surface area (Å²) in [4.78, 5) is 2.11. The van der Waals surface area contributed by atoms with Crippen LogP contribution < -0.4 is 10.2 Å². The van der Waals surface area contributed by atoms with Crippen LogP contribution in [0, 0.1) is 0 Å². The molecule has 0 saturated heterocycles. The van der Waals surface area contributed by atoms with Crippen LogP contribution >= 0.6 is 12.2 Å². The van der Waals surface area contributed by atoms with Crippen LogP contribution in [0.25, 0.3) is 10.8 Å². The molecule has 3 aromatic rings. The van der Waals surface area contributed by atoms with Gasteiger partial charge < -0.3 is 14.6 Å². The fourth-order valence-corrected chi connectivity index (χ4v) is 2.84. The largest absolute Gasteiger partial charge is 0.467 e. The van der Waals surface area contributed by atoms with E-state index in [-0.39, 0.29) is 0 Å². The number of hydrogen-bond donors (Lipinski definition) is 1. The van der Waals surface area contributed by atoms with Gasteiger partial charge in [-0.25, -0.2) is 0 Å². The van der Waals surface area contributed by atoms with Crippen LogP contribution in [0.15, 0.2) is 65.3 Å². The van der Waals surface area contributed by atoms with Gasteiger partial charge in [0.05, 0.1) is 18.5 Å². The normalized spacial score (nSPS) is 10.6. The smallest absolute Gasteiger partial charge is 0.173 e. The van der Waals surface area contributed by atoms with Gasteiger partial charge in [0.1, 0.15) is 5.76 Å². The van der Waals surface area contributed by atoms with Crippen molar-refractivity contribution in [3.05, 3.63) is 66.6 Å². The van der Waals surface area contributed by atoms with Gasteiger partial charge in [0.2, 0.25) is 0 Å². The van der Waals surface area contributed by atoms with E-state index in [0.717, 1.165) is 18.0 Å². The predicted octanol–water partition coefficient (Wildman–Crippen LogP) is 4.33. The summed E-state index contributed by atoms with van der Waals surface area (Å²) in [6.45, 7) is 3.49. The van der Waals surface area contributed by atoms with E-state index in [4.69, 9.17) is 16.6 Å². The lowest BCUT2D eigenvalue weighted by Crippen LogP contribution is -2.39. The second-order valence-electron chi connectivity index (χ2n) is 4.98. The first-order chi connectivity index (χ1) is 10.8. The molecular weight excluding hydrogens is 292 g/mol. The number of fused-ring (bicyclic) bond motifs is 1.